The molecular formula is C19H21N5O4. The third kappa shape index (κ3) is 3.15. The number of nitrogens with two attached hydrogens (primary N) is 1. The number of furan rings is 1. The van der Waals surface area contributed by atoms with Gasteiger partial charge >= 0.3 is 0 Å². The zero-order valence-electron chi connectivity index (χ0n) is 27.1. The second-order valence-corrected chi connectivity index (χ2v) is 5.53. The zero-order chi connectivity index (χ0) is 30.9. The smallest absolute Gasteiger partial charge is 0.289 e. The van der Waals surface area contributed by atoms with Crippen LogP contribution in [0.15, 0.2) is 34.9 Å². The van der Waals surface area contributed by atoms with E-state index in [0.29, 0.717) is 4.90 Å². The highest BCUT2D eigenvalue weighted by molar-refractivity contribution is 5.92. The van der Waals surface area contributed by atoms with Gasteiger partial charge in [-0.3, -0.25) is 4.79 Å². The van der Waals surface area contributed by atoms with Gasteiger partial charge in [0.05, 0.1) is 42.3 Å². The van der Waals surface area contributed by atoms with Gasteiger partial charge in [-0.2, -0.15) is 4.98 Å². The van der Waals surface area contributed by atoms with Crippen molar-refractivity contribution in [1.29, 1.82) is 0 Å². The van der Waals surface area contributed by atoms with Gasteiger partial charge in [0.15, 0.2) is 17.3 Å². The first-order valence-electron chi connectivity index (χ1n) is 14.3. The van der Waals surface area contributed by atoms with Crippen molar-refractivity contribution < 1.29 is 36.5 Å². The molecule has 1 fully saturated rings. The Morgan fingerprint density at radius 1 is 1.29 bits per heavy atom. The van der Waals surface area contributed by atoms with Crippen molar-refractivity contribution in [2.75, 3.05) is 50.8 Å². The van der Waals surface area contributed by atoms with E-state index in [-0.39, 0.29) is 16.7 Å². The molecule has 0 saturated carbocycles. The monoisotopic (exact) mass is 396 g/mol. The van der Waals surface area contributed by atoms with Gasteiger partial charge < -0.3 is 29.4 Å². The number of piperazine rings is 1. The van der Waals surface area contributed by atoms with Crippen LogP contribution in [0, 0.1) is 0 Å². The molecule has 0 radical (unpaired) electrons. The summed E-state index contributed by atoms with van der Waals surface area (Å²) in [4.78, 5) is 22.3. The lowest BCUT2D eigenvalue weighted by molar-refractivity contribution is 0.0714. The molecule has 0 unspecified atom stereocenters. The minimum absolute atomic E-state index is 0.0426. The Morgan fingerprint density at radius 2 is 2.04 bits per heavy atom. The molecule has 9 nitrogen and oxygen atoms in total. The standard InChI is InChI=1S/C19H21N5O4/c1-26-15-10-12-13(11-16(15)27-2)21-19(22-17(12)20)24-7-5-23(6-8-24)18(25)14-4-3-9-28-14/h3-4,9-11H,5-8H2,1-2H3,(H2,20,21,22)/i1D3,2D3,3D,4D,7D2,8D2,9D. The first-order chi connectivity index (χ1) is 18.6. The van der Waals surface area contributed by atoms with E-state index in [1.807, 2.05) is 0 Å². The number of amides is 1. The van der Waals surface area contributed by atoms with E-state index in [1.54, 1.807) is 0 Å². The molecular weight excluding hydrogens is 362 g/mol. The molecule has 4 rings (SSSR count). The Hall–Kier alpha value is -3.49. The van der Waals surface area contributed by atoms with Gasteiger partial charge in [0.1, 0.15) is 7.19 Å². The lowest BCUT2D eigenvalue weighted by atomic mass is 10.2. The molecule has 0 spiro atoms. The predicted molar refractivity (Wildman–Crippen MR) is 104 cm³/mol. The molecule has 1 saturated heterocycles. The molecule has 146 valence electrons. The van der Waals surface area contributed by atoms with Gasteiger partial charge in [0.2, 0.25) is 5.95 Å². The maximum Gasteiger partial charge on any atom is 0.289 e. The number of aromatic nitrogens is 2. The second kappa shape index (κ2) is 7.26. The van der Waals surface area contributed by atoms with Crippen LogP contribution in [0.4, 0.5) is 11.8 Å². The van der Waals surface area contributed by atoms with E-state index in [1.165, 1.54) is 0 Å². The van der Waals surface area contributed by atoms with Gasteiger partial charge in [-0.15, -0.1) is 0 Å². The summed E-state index contributed by atoms with van der Waals surface area (Å²) in [5.74, 6) is -3.88. The average Bonchev–Trinajstić information content (AvgIpc) is 3.03. The van der Waals surface area contributed by atoms with Gasteiger partial charge in [-0.05, 0) is 18.2 Å². The van der Waals surface area contributed by atoms with Crippen molar-refractivity contribution in [1.82, 2.24) is 14.9 Å². The number of nitrogen functional groups attached to an aromatic ring is 1. The third-order valence-electron chi connectivity index (χ3n) is 3.90. The number of nitrogens with zero attached hydrogens (tertiary/aromatic N) is 4. The first-order valence-corrected chi connectivity index (χ1v) is 7.75. The Labute approximate surface area is 179 Å². The van der Waals surface area contributed by atoms with Crippen molar-refractivity contribution in [3.8, 4) is 11.5 Å². The Kier molecular flexibility index (Phi) is 2.14. The molecule has 1 aliphatic heterocycles. The molecule has 1 aromatic carbocycles. The molecule has 2 N–H and O–H groups in total. The summed E-state index contributed by atoms with van der Waals surface area (Å²) in [6, 6.07) is 0.627. The fourth-order valence-electron chi connectivity index (χ4n) is 2.54. The van der Waals surface area contributed by atoms with Crippen molar-refractivity contribution in [2.24, 2.45) is 0 Å². The van der Waals surface area contributed by atoms with E-state index in [0.717, 1.165) is 17.0 Å². The quantitative estimate of drug-likeness (QED) is 0.711. The predicted octanol–water partition coefficient (Wildman–Crippen LogP) is 1.78. The highest BCUT2D eigenvalue weighted by atomic mass is 16.5. The van der Waals surface area contributed by atoms with Gasteiger partial charge in [-0.1, -0.05) is 0 Å². The Balaban J connectivity index is 1.77. The lowest BCUT2D eigenvalue weighted by Gasteiger charge is -2.34. The summed E-state index contributed by atoms with van der Waals surface area (Å²) in [6.07, 6.45) is -0.752. The SMILES string of the molecule is [2H]c1oc(C(=O)N2CC([2H])([2H])N(c3nc(N)c4cc(OC([2H])([2H])[2H])c(OC([2H])([2H])[2H])cc4n3)C([2H])([2H])C2)c([2H])c1[2H]. The van der Waals surface area contributed by atoms with Crippen LogP contribution in [-0.2, 0) is 0 Å². The minimum atomic E-state index is -3.03. The van der Waals surface area contributed by atoms with Crippen LogP contribution in [0.3, 0.4) is 0 Å². The number of ether oxygens (including phenoxy) is 2. The van der Waals surface area contributed by atoms with Gasteiger partial charge in [0, 0.05) is 37.5 Å². The van der Waals surface area contributed by atoms with Crippen molar-refractivity contribution in [2.45, 2.75) is 0 Å². The van der Waals surface area contributed by atoms with Crippen LogP contribution < -0.4 is 20.1 Å². The fourth-order valence-corrected chi connectivity index (χ4v) is 2.54. The van der Waals surface area contributed by atoms with Crippen LogP contribution in [-0.4, -0.2) is 60.9 Å². The maximum atomic E-state index is 12.9. The zero-order valence-corrected chi connectivity index (χ0v) is 14.1. The fraction of sp³-hybridized carbons (Fsp3) is 0.316. The molecule has 0 bridgehead atoms. The van der Waals surface area contributed by atoms with Crippen LogP contribution in [0.1, 0.15) is 28.4 Å². The summed E-state index contributed by atoms with van der Waals surface area (Å²) >= 11 is 0. The molecule has 3 heterocycles. The third-order valence-corrected chi connectivity index (χ3v) is 3.90. The van der Waals surface area contributed by atoms with E-state index in [4.69, 9.17) is 37.4 Å². The highest BCUT2D eigenvalue weighted by Crippen LogP contribution is 2.34. The molecule has 0 atom stereocenters. The first kappa shape index (κ1) is 8.26. The number of hydrogen-bond donors (Lipinski definition) is 1. The van der Waals surface area contributed by atoms with E-state index >= 15 is 0 Å². The summed E-state index contributed by atoms with van der Waals surface area (Å²) in [6.45, 7) is -6.98. The van der Waals surface area contributed by atoms with Crippen LogP contribution in [0.5, 0.6) is 11.5 Å². The number of hydrogen-bond acceptors (Lipinski definition) is 8. The van der Waals surface area contributed by atoms with Crippen LogP contribution in [0.25, 0.3) is 10.9 Å². The normalized spacial score (nSPS) is 25.6. The molecule has 2 aromatic heterocycles. The summed E-state index contributed by atoms with van der Waals surface area (Å²) in [5.41, 5.74) is 5.86. The molecule has 1 aliphatic rings. The highest BCUT2D eigenvalue weighted by Gasteiger charge is 2.25. The molecule has 9 heteroatoms. The van der Waals surface area contributed by atoms with E-state index in [2.05, 4.69) is 9.97 Å². The number of carbonyl (C=O) groups is 1. The number of benzene rings is 1. The van der Waals surface area contributed by atoms with E-state index < -0.39 is 87.6 Å². The maximum absolute atomic E-state index is 12.9. The van der Waals surface area contributed by atoms with Crippen molar-refractivity contribution in [3.63, 3.8) is 0 Å². The number of rotatable bonds is 4. The van der Waals surface area contributed by atoms with Crippen molar-refractivity contribution >= 4 is 28.6 Å². The largest absolute Gasteiger partial charge is 0.493 e. The molecule has 3 aromatic rings. The summed E-state index contributed by atoms with van der Waals surface area (Å²) in [7, 11) is -6.03. The average molecular weight is 396 g/mol. The van der Waals surface area contributed by atoms with Gasteiger partial charge in [-0.25, -0.2) is 4.98 Å². The number of methoxy groups -OCH3 is 2. The topological polar surface area (TPSA) is 107 Å². The lowest BCUT2D eigenvalue weighted by Crippen LogP contribution is -2.49. The minimum Gasteiger partial charge on any atom is -0.493 e. The van der Waals surface area contributed by atoms with Crippen molar-refractivity contribution in [3.05, 3.63) is 36.2 Å². The van der Waals surface area contributed by atoms with Crippen LogP contribution in [0.2, 0.25) is 0 Å². The number of anilines is 2. The summed E-state index contributed by atoms with van der Waals surface area (Å²) in [5, 5.41) is -0.0426. The number of carbonyl (C=O) groups excluding carboxylic acids is 1. The van der Waals surface area contributed by atoms with Gasteiger partial charge in [0.25, 0.3) is 5.91 Å². The second-order valence-electron chi connectivity index (χ2n) is 5.53. The molecule has 1 amide bonds. The summed E-state index contributed by atoms with van der Waals surface area (Å²) < 4.78 is 116. The van der Waals surface area contributed by atoms with E-state index in [9.17, 15) is 4.79 Å². The Bertz CT molecular complexity index is 1500. The molecule has 0 aliphatic carbocycles. The molecule has 28 heavy (non-hydrogen) atoms. The van der Waals surface area contributed by atoms with Crippen LogP contribution >= 0.6 is 0 Å². The number of fused-ring (bicyclic) bond motifs is 1. The Morgan fingerprint density at radius 3 is 2.71 bits per heavy atom.